The molecule has 1 aliphatic heterocycles. The van der Waals surface area contributed by atoms with E-state index in [1.807, 2.05) is 6.08 Å². The predicted molar refractivity (Wildman–Crippen MR) is 152 cm³/mol. The molecule has 0 saturated heterocycles. The van der Waals surface area contributed by atoms with Crippen molar-refractivity contribution in [3.8, 4) is 0 Å². The molecule has 0 saturated carbocycles. The molecule has 0 aromatic carbocycles. The number of quaternary nitrogens is 1. The van der Waals surface area contributed by atoms with E-state index in [4.69, 9.17) is 31.3 Å². The fourth-order valence-corrected chi connectivity index (χ4v) is 4.96. The van der Waals surface area contributed by atoms with E-state index < -0.39 is 11.7 Å². The summed E-state index contributed by atoms with van der Waals surface area (Å²) in [6.07, 6.45) is 18.0. The highest BCUT2D eigenvalue weighted by Gasteiger charge is 2.44. The zero-order chi connectivity index (χ0) is 26.7. The molecule has 208 valence electrons. The normalized spacial score (nSPS) is 19.0. The van der Waals surface area contributed by atoms with Crippen molar-refractivity contribution in [1.29, 1.82) is 5.41 Å². The number of rotatable bonds is 20. The minimum atomic E-state index is -0.829. The van der Waals surface area contributed by atoms with Crippen molar-refractivity contribution in [2.45, 2.75) is 116 Å². The Kier molecular flexibility index (Phi) is 18.3. The van der Waals surface area contributed by atoms with E-state index in [0.29, 0.717) is 32.5 Å². The van der Waals surface area contributed by atoms with Gasteiger partial charge in [-0.25, -0.2) is 9.63 Å². The Bertz CT molecular complexity index is 705. The monoisotopic (exact) mass is 546 g/mol. The first kappa shape index (κ1) is 32.9. The number of hydroxylamine groups is 3. The molecule has 0 bridgehead atoms. The van der Waals surface area contributed by atoms with Crippen molar-refractivity contribution in [3.05, 3.63) is 11.6 Å². The van der Waals surface area contributed by atoms with Gasteiger partial charge in [0, 0.05) is 30.0 Å². The van der Waals surface area contributed by atoms with Crippen molar-refractivity contribution in [2.75, 3.05) is 26.8 Å². The fraction of sp³-hybridized carbons (Fsp3) is 0.815. The molecule has 2 atom stereocenters. The highest BCUT2D eigenvalue weighted by Crippen LogP contribution is 2.29. The first-order valence-corrected chi connectivity index (χ1v) is 14.6. The molecule has 7 nitrogen and oxygen atoms in total. The molecule has 1 N–H and O–H groups in total. The van der Waals surface area contributed by atoms with E-state index >= 15 is 0 Å². The van der Waals surface area contributed by atoms with E-state index in [0.717, 1.165) is 44.1 Å². The number of unbranched alkanes of at least 4 members (excludes halogenated alkanes) is 11. The average Bonchev–Trinajstić information content (AvgIpc) is 2.88. The van der Waals surface area contributed by atoms with Gasteiger partial charge < -0.3 is 9.47 Å². The summed E-state index contributed by atoms with van der Waals surface area (Å²) in [5, 5.41) is 8.69. The highest BCUT2D eigenvalue weighted by molar-refractivity contribution is 7.79. The van der Waals surface area contributed by atoms with Crippen LogP contribution in [0.5, 0.6) is 0 Å². The lowest BCUT2D eigenvalue weighted by Crippen LogP contribution is -2.59. The number of hydrogen-bond acceptors (Lipinski definition) is 7. The SMILES string of the molecule is CCCCCCCCCCCC(OC(=O)Cl)[N+]1(OC)CCC=C(C(=N)/C(=N\S)OCCCCCC)C1. The van der Waals surface area contributed by atoms with E-state index in [9.17, 15) is 4.79 Å². The second-order valence-corrected chi connectivity index (χ2v) is 10.2. The lowest BCUT2D eigenvalue weighted by molar-refractivity contribution is -1.13. The van der Waals surface area contributed by atoms with Gasteiger partial charge in [-0.2, -0.15) is 4.40 Å². The third kappa shape index (κ3) is 12.4. The van der Waals surface area contributed by atoms with Crippen molar-refractivity contribution in [1.82, 2.24) is 0 Å². The number of thiol groups is 1. The zero-order valence-electron chi connectivity index (χ0n) is 22.7. The van der Waals surface area contributed by atoms with Gasteiger partial charge in [-0.15, -0.1) is 4.65 Å². The van der Waals surface area contributed by atoms with Gasteiger partial charge >= 0.3 is 5.43 Å². The Balaban J connectivity index is 2.70. The Morgan fingerprint density at radius 2 is 1.64 bits per heavy atom. The summed E-state index contributed by atoms with van der Waals surface area (Å²) in [4.78, 5) is 17.7. The van der Waals surface area contributed by atoms with E-state index in [1.54, 1.807) is 7.11 Å². The van der Waals surface area contributed by atoms with Crippen LogP contribution in [0, 0.1) is 5.41 Å². The summed E-state index contributed by atoms with van der Waals surface area (Å²) in [6, 6.07) is 0. The van der Waals surface area contributed by atoms with Crippen LogP contribution in [0.15, 0.2) is 16.0 Å². The highest BCUT2D eigenvalue weighted by atomic mass is 35.5. The second-order valence-electron chi connectivity index (χ2n) is 9.65. The summed E-state index contributed by atoms with van der Waals surface area (Å²) in [6.45, 7) is 5.90. The van der Waals surface area contributed by atoms with Crippen molar-refractivity contribution < 1.29 is 23.8 Å². The number of hydrogen-bond donors (Lipinski definition) is 2. The largest absolute Gasteiger partial charge is 0.476 e. The van der Waals surface area contributed by atoms with Crippen LogP contribution >= 0.6 is 24.4 Å². The molecular formula is C27H49ClN3O4S+. The van der Waals surface area contributed by atoms with Crippen LogP contribution in [-0.2, 0) is 14.3 Å². The molecule has 1 rings (SSSR count). The Morgan fingerprint density at radius 1 is 1.06 bits per heavy atom. The topological polar surface area (TPSA) is 81.0 Å². The molecule has 0 aromatic heterocycles. The molecule has 0 fully saturated rings. The Morgan fingerprint density at radius 3 is 2.19 bits per heavy atom. The van der Waals surface area contributed by atoms with Crippen LogP contribution < -0.4 is 0 Å². The van der Waals surface area contributed by atoms with Crippen LogP contribution in [0.3, 0.4) is 0 Å². The van der Waals surface area contributed by atoms with Gasteiger partial charge in [-0.3, -0.25) is 5.41 Å². The van der Waals surface area contributed by atoms with Crippen molar-refractivity contribution >= 4 is 41.5 Å². The smallest absolute Gasteiger partial charge is 0.408 e. The minimum absolute atomic E-state index is 0.0834. The van der Waals surface area contributed by atoms with Gasteiger partial charge in [0.2, 0.25) is 5.90 Å². The third-order valence-corrected chi connectivity index (χ3v) is 7.14. The number of halogens is 1. The zero-order valence-corrected chi connectivity index (χ0v) is 24.4. The molecule has 1 aliphatic rings. The molecule has 0 spiro atoms. The van der Waals surface area contributed by atoms with Crippen LogP contribution in [-0.4, -0.2) is 54.7 Å². The van der Waals surface area contributed by atoms with Gasteiger partial charge in [0.15, 0.2) is 0 Å². The predicted octanol–water partition coefficient (Wildman–Crippen LogP) is 8.18. The second kappa shape index (κ2) is 19.9. The summed E-state index contributed by atoms with van der Waals surface area (Å²) in [5.74, 6) is 0.210. The van der Waals surface area contributed by atoms with E-state index in [-0.39, 0.29) is 16.3 Å². The first-order chi connectivity index (χ1) is 17.4. The molecule has 0 aliphatic carbocycles. The van der Waals surface area contributed by atoms with Crippen molar-refractivity contribution in [3.63, 3.8) is 0 Å². The Labute approximate surface area is 229 Å². The molecule has 0 amide bonds. The van der Waals surface area contributed by atoms with Gasteiger partial charge in [0.1, 0.15) is 18.8 Å². The maximum atomic E-state index is 11.8. The summed E-state index contributed by atoms with van der Waals surface area (Å²) in [5.41, 5.74) is 0.107. The van der Waals surface area contributed by atoms with Gasteiger partial charge in [-0.05, 0) is 25.7 Å². The maximum Gasteiger partial charge on any atom is 0.408 e. The summed E-state index contributed by atoms with van der Waals surface area (Å²) >= 11 is 9.71. The average molecular weight is 547 g/mol. The summed E-state index contributed by atoms with van der Waals surface area (Å²) < 4.78 is 15.3. The molecular weight excluding hydrogens is 498 g/mol. The number of ether oxygens (including phenoxy) is 2. The van der Waals surface area contributed by atoms with Gasteiger partial charge in [0.25, 0.3) is 6.23 Å². The quantitative estimate of drug-likeness (QED) is 0.0403. The number of nitrogens with zero attached hydrogens (tertiary/aromatic N) is 2. The number of nitrogens with one attached hydrogen (secondary N) is 1. The fourth-order valence-electron chi connectivity index (χ4n) is 4.70. The maximum absolute atomic E-state index is 11.8. The molecule has 36 heavy (non-hydrogen) atoms. The molecule has 0 radical (unpaired) electrons. The first-order valence-electron chi connectivity index (χ1n) is 13.9. The van der Waals surface area contributed by atoms with Crippen LogP contribution in [0.25, 0.3) is 0 Å². The Hall–Kier alpha value is -1.09. The lowest BCUT2D eigenvalue weighted by Gasteiger charge is -2.41. The van der Waals surface area contributed by atoms with Gasteiger partial charge in [-0.1, -0.05) is 90.6 Å². The van der Waals surface area contributed by atoms with Crippen molar-refractivity contribution in [2.24, 2.45) is 4.40 Å². The van der Waals surface area contributed by atoms with E-state index in [1.165, 1.54) is 44.9 Å². The van der Waals surface area contributed by atoms with E-state index in [2.05, 4.69) is 31.1 Å². The molecule has 1 heterocycles. The van der Waals surface area contributed by atoms with Crippen LogP contribution in [0.1, 0.15) is 110 Å². The third-order valence-electron chi connectivity index (χ3n) is 6.87. The number of carbonyl (C=O) groups excluding carboxylic acids is 1. The molecule has 9 heteroatoms. The lowest BCUT2D eigenvalue weighted by atomic mass is 10.0. The van der Waals surface area contributed by atoms with Crippen LogP contribution in [0.2, 0.25) is 0 Å². The number of carbonyl (C=O) groups is 1. The molecule has 2 unspecified atom stereocenters. The standard InChI is InChI=1S/C27H48ClN3O4S/c1-4-6-8-10-11-12-13-14-15-19-24(35-27(28)32)31(33-3)20-17-18-23(22-31)25(29)26(30-36)34-21-16-9-7-5-2/h18,24H,4-17,19-22H2,1-3H3,(H-,29,36)/p+1. The molecule has 0 aromatic rings. The van der Waals surface area contributed by atoms with Crippen LogP contribution in [0.4, 0.5) is 4.79 Å². The summed E-state index contributed by atoms with van der Waals surface area (Å²) in [7, 11) is 1.62. The van der Waals surface area contributed by atoms with Gasteiger partial charge in [0.05, 0.1) is 13.7 Å². The minimum Gasteiger partial charge on any atom is -0.476 e.